The standard InChI is InChI=1S/C13H15BrClNO3S/c1-8-3-4-16(7-8)13(17)11-5-10(14)6-12(9(11)2)20(15,18)19/h5-6,8H,3-4,7H2,1-2H3. The van der Waals surface area contributed by atoms with Crippen LogP contribution in [0.15, 0.2) is 21.5 Å². The van der Waals surface area contributed by atoms with Gasteiger partial charge in [-0.05, 0) is 37.0 Å². The van der Waals surface area contributed by atoms with Gasteiger partial charge in [-0.2, -0.15) is 0 Å². The fraction of sp³-hybridized carbons (Fsp3) is 0.462. The van der Waals surface area contributed by atoms with Gasteiger partial charge in [0.1, 0.15) is 0 Å². The molecule has 0 N–H and O–H groups in total. The van der Waals surface area contributed by atoms with Crippen LogP contribution in [-0.4, -0.2) is 32.3 Å². The molecule has 0 saturated carbocycles. The van der Waals surface area contributed by atoms with E-state index in [0.717, 1.165) is 6.42 Å². The molecular weight excluding hydrogens is 366 g/mol. The van der Waals surface area contributed by atoms with Gasteiger partial charge in [-0.3, -0.25) is 4.79 Å². The van der Waals surface area contributed by atoms with E-state index in [1.54, 1.807) is 17.9 Å². The number of carbonyl (C=O) groups excluding carboxylic acids is 1. The molecule has 4 nitrogen and oxygen atoms in total. The molecule has 1 aromatic carbocycles. The SMILES string of the molecule is Cc1c(C(=O)N2CCC(C)C2)cc(Br)cc1S(=O)(=O)Cl. The van der Waals surface area contributed by atoms with Gasteiger partial charge < -0.3 is 4.90 Å². The summed E-state index contributed by atoms with van der Waals surface area (Å²) in [6.07, 6.45) is 0.972. The average molecular weight is 381 g/mol. The van der Waals surface area contributed by atoms with Crippen LogP contribution < -0.4 is 0 Å². The molecule has 0 radical (unpaired) electrons. The molecule has 0 aliphatic carbocycles. The van der Waals surface area contributed by atoms with E-state index >= 15 is 0 Å². The second kappa shape index (κ2) is 5.66. The van der Waals surface area contributed by atoms with Gasteiger partial charge in [0.2, 0.25) is 0 Å². The number of rotatable bonds is 2. The Labute approximate surface area is 131 Å². The summed E-state index contributed by atoms with van der Waals surface area (Å²) < 4.78 is 23.7. The lowest BCUT2D eigenvalue weighted by Crippen LogP contribution is -2.29. The van der Waals surface area contributed by atoms with Gasteiger partial charge in [-0.15, -0.1) is 0 Å². The highest BCUT2D eigenvalue weighted by molar-refractivity contribution is 9.10. The molecule has 1 aliphatic rings. The van der Waals surface area contributed by atoms with Gasteiger partial charge in [0.05, 0.1) is 4.90 Å². The van der Waals surface area contributed by atoms with E-state index in [2.05, 4.69) is 22.9 Å². The van der Waals surface area contributed by atoms with Gasteiger partial charge in [0.15, 0.2) is 0 Å². The van der Waals surface area contributed by atoms with Crippen LogP contribution in [0.2, 0.25) is 0 Å². The zero-order valence-corrected chi connectivity index (χ0v) is 14.3. The number of benzene rings is 1. The number of amides is 1. The van der Waals surface area contributed by atoms with Crippen molar-refractivity contribution in [3.63, 3.8) is 0 Å². The lowest BCUT2D eigenvalue weighted by molar-refractivity contribution is 0.0787. The number of halogens is 2. The van der Waals surface area contributed by atoms with Crippen molar-refractivity contribution in [2.45, 2.75) is 25.2 Å². The maximum Gasteiger partial charge on any atom is 0.261 e. The molecule has 7 heteroatoms. The smallest absolute Gasteiger partial charge is 0.261 e. The van der Waals surface area contributed by atoms with Crippen molar-refractivity contribution in [1.29, 1.82) is 0 Å². The minimum Gasteiger partial charge on any atom is -0.338 e. The Morgan fingerprint density at radius 2 is 2.10 bits per heavy atom. The Bertz CT molecular complexity index is 660. The van der Waals surface area contributed by atoms with E-state index in [4.69, 9.17) is 10.7 Å². The fourth-order valence-electron chi connectivity index (χ4n) is 2.42. The minimum absolute atomic E-state index is 0.0239. The van der Waals surface area contributed by atoms with Gasteiger partial charge >= 0.3 is 0 Å². The number of likely N-dealkylation sites (tertiary alicyclic amines) is 1. The topological polar surface area (TPSA) is 54.5 Å². The highest BCUT2D eigenvalue weighted by Crippen LogP contribution is 2.29. The van der Waals surface area contributed by atoms with Crippen LogP contribution in [-0.2, 0) is 9.05 Å². The van der Waals surface area contributed by atoms with Crippen LogP contribution in [0.3, 0.4) is 0 Å². The maximum absolute atomic E-state index is 12.5. The first kappa shape index (κ1) is 15.8. The molecule has 1 unspecified atom stereocenters. The third kappa shape index (κ3) is 3.18. The van der Waals surface area contributed by atoms with Crippen LogP contribution in [0.25, 0.3) is 0 Å². The molecule has 0 spiro atoms. The van der Waals surface area contributed by atoms with Gasteiger partial charge in [-0.1, -0.05) is 22.9 Å². The predicted molar refractivity (Wildman–Crippen MR) is 81.6 cm³/mol. The number of hydrogen-bond donors (Lipinski definition) is 0. The monoisotopic (exact) mass is 379 g/mol. The van der Waals surface area contributed by atoms with Crippen LogP contribution in [0.5, 0.6) is 0 Å². The van der Waals surface area contributed by atoms with Gasteiger partial charge in [-0.25, -0.2) is 8.42 Å². The molecule has 1 aliphatic heterocycles. The summed E-state index contributed by atoms with van der Waals surface area (Å²) in [6.45, 7) is 5.10. The molecule has 1 heterocycles. The fourth-order valence-corrected chi connectivity index (χ4v) is 4.25. The molecule has 0 aromatic heterocycles. The Kier molecular flexibility index (Phi) is 4.47. The molecular formula is C13H15BrClNO3S. The van der Waals surface area contributed by atoms with E-state index < -0.39 is 9.05 Å². The van der Waals surface area contributed by atoms with Crippen molar-refractivity contribution in [3.8, 4) is 0 Å². The molecule has 1 aromatic rings. The summed E-state index contributed by atoms with van der Waals surface area (Å²) in [6, 6.07) is 3.06. The van der Waals surface area contributed by atoms with Crippen molar-refractivity contribution in [1.82, 2.24) is 4.90 Å². The Morgan fingerprint density at radius 1 is 1.45 bits per heavy atom. The summed E-state index contributed by atoms with van der Waals surface area (Å²) in [5.41, 5.74) is 0.778. The van der Waals surface area contributed by atoms with E-state index in [9.17, 15) is 13.2 Å². The Morgan fingerprint density at radius 3 is 2.60 bits per heavy atom. The highest BCUT2D eigenvalue weighted by atomic mass is 79.9. The lowest BCUT2D eigenvalue weighted by Gasteiger charge is -2.18. The average Bonchev–Trinajstić information content (AvgIpc) is 2.76. The largest absolute Gasteiger partial charge is 0.338 e. The zero-order valence-electron chi connectivity index (χ0n) is 11.2. The normalized spacial score (nSPS) is 19.4. The second-order valence-corrected chi connectivity index (χ2v) is 8.61. The molecule has 1 saturated heterocycles. The van der Waals surface area contributed by atoms with Crippen molar-refractivity contribution in [3.05, 3.63) is 27.7 Å². The molecule has 1 atom stereocenters. The summed E-state index contributed by atoms with van der Waals surface area (Å²) in [5, 5.41) is 0. The van der Waals surface area contributed by atoms with Crippen LogP contribution in [0.4, 0.5) is 0 Å². The van der Waals surface area contributed by atoms with Crippen molar-refractivity contribution in [2.75, 3.05) is 13.1 Å². The molecule has 1 fully saturated rings. The number of nitrogens with zero attached hydrogens (tertiary/aromatic N) is 1. The molecule has 110 valence electrons. The first-order valence-corrected chi connectivity index (χ1v) is 9.34. The summed E-state index contributed by atoms with van der Waals surface area (Å²) in [5.74, 6) is 0.331. The van der Waals surface area contributed by atoms with Crippen LogP contribution in [0.1, 0.15) is 29.3 Å². The number of carbonyl (C=O) groups is 1. The summed E-state index contributed by atoms with van der Waals surface area (Å²) >= 11 is 3.23. The third-order valence-electron chi connectivity index (χ3n) is 3.53. The lowest BCUT2D eigenvalue weighted by atomic mass is 10.1. The quantitative estimate of drug-likeness (QED) is 0.741. The van der Waals surface area contributed by atoms with Crippen molar-refractivity contribution < 1.29 is 13.2 Å². The van der Waals surface area contributed by atoms with Gasteiger partial charge in [0, 0.05) is 33.8 Å². The highest BCUT2D eigenvalue weighted by Gasteiger charge is 2.27. The Balaban J connectivity index is 2.47. The molecule has 1 amide bonds. The second-order valence-electron chi connectivity index (χ2n) is 5.16. The number of hydrogen-bond acceptors (Lipinski definition) is 3. The molecule has 20 heavy (non-hydrogen) atoms. The third-order valence-corrected chi connectivity index (χ3v) is 5.43. The maximum atomic E-state index is 12.5. The van der Waals surface area contributed by atoms with Crippen molar-refractivity contribution in [2.24, 2.45) is 5.92 Å². The van der Waals surface area contributed by atoms with Crippen molar-refractivity contribution >= 4 is 41.6 Å². The van der Waals surface area contributed by atoms with E-state index in [1.807, 2.05) is 0 Å². The zero-order chi connectivity index (χ0) is 15.1. The first-order valence-electron chi connectivity index (χ1n) is 6.24. The molecule has 2 rings (SSSR count). The predicted octanol–water partition coefficient (Wildman–Crippen LogP) is 3.17. The summed E-state index contributed by atoms with van der Waals surface area (Å²) in [7, 11) is 1.55. The van der Waals surface area contributed by atoms with Crippen LogP contribution in [0, 0.1) is 12.8 Å². The van der Waals surface area contributed by atoms with Gasteiger partial charge in [0.25, 0.3) is 15.0 Å². The molecule has 0 bridgehead atoms. The van der Waals surface area contributed by atoms with Crippen LogP contribution >= 0.6 is 26.6 Å². The summed E-state index contributed by atoms with van der Waals surface area (Å²) in [4.78, 5) is 14.2. The van der Waals surface area contributed by atoms with E-state index in [0.29, 0.717) is 34.6 Å². The Hall–Kier alpha value is -0.590. The first-order chi connectivity index (χ1) is 9.20. The van der Waals surface area contributed by atoms with E-state index in [-0.39, 0.29) is 10.8 Å². The van der Waals surface area contributed by atoms with E-state index in [1.165, 1.54) is 6.07 Å². The minimum atomic E-state index is -3.87.